The van der Waals surface area contributed by atoms with Crippen LogP contribution in [0.1, 0.15) is 11.1 Å². The van der Waals surface area contributed by atoms with Crippen molar-refractivity contribution in [2.24, 2.45) is 0 Å². The Hall–Kier alpha value is -2.08. The molecule has 1 aliphatic rings. The largest absolute Gasteiger partial charge is 0.372 e. The van der Waals surface area contributed by atoms with Gasteiger partial charge in [0, 0.05) is 18.7 Å². The summed E-state index contributed by atoms with van der Waals surface area (Å²) in [5.74, 6) is 6.50. The van der Waals surface area contributed by atoms with Crippen molar-refractivity contribution < 1.29 is 4.74 Å². The Kier molecular flexibility index (Phi) is 4.68. The van der Waals surface area contributed by atoms with E-state index in [1.54, 1.807) is 0 Å². The van der Waals surface area contributed by atoms with Crippen LogP contribution in [0, 0.1) is 11.8 Å². The average molecular weight is 277 g/mol. The Morgan fingerprint density at radius 2 is 1.67 bits per heavy atom. The number of hydrogen-bond acceptors (Lipinski definition) is 2. The Labute approximate surface area is 126 Å². The van der Waals surface area contributed by atoms with Crippen molar-refractivity contribution in [2.45, 2.75) is 12.6 Å². The van der Waals surface area contributed by atoms with Crippen molar-refractivity contribution >= 4 is 0 Å². The molecule has 1 unspecified atom stereocenters. The molecule has 0 saturated carbocycles. The molecule has 1 aliphatic heterocycles. The van der Waals surface area contributed by atoms with Crippen LogP contribution in [0.5, 0.6) is 0 Å². The van der Waals surface area contributed by atoms with Gasteiger partial charge in [-0.25, -0.2) is 0 Å². The maximum atomic E-state index is 5.35. The van der Waals surface area contributed by atoms with E-state index in [0.29, 0.717) is 6.10 Å². The van der Waals surface area contributed by atoms with Gasteiger partial charge in [0.1, 0.15) is 0 Å². The Balaban J connectivity index is 1.61. The molecule has 0 N–H and O–H groups in total. The van der Waals surface area contributed by atoms with Gasteiger partial charge in [-0.05, 0) is 17.7 Å². The van der Waals surface area contributed by atoms with E-state index < -0.39 is 0 Å². The molecule has 0 bridgehead atoms. The second kappa shape index (κ2) is 7.08. The van der Waals surface area contributed by atoms with Gasteiger partial charge in [-0.1, -0.05) is 60.4 Å². The average Bonchev–Trinajstić information content (AvgIpc) is 3.33. The van der Waals surface area contributed by atoms with E-state index in [-0.39, 0.29) is 0 Å². The summed E-state index contributed by atoms with van der Waals surface area (Å²) in [6.07, 6.45) is 0.396. The van der Waals surface area contributed by atoms with Crippen LogP contribution in [0.15, 0.2) is 60.7 Å². The van der Waals surface area contributed by atoms with E-state index in [0.717, 1.165) is 31.8 Å². The third-order valence-electron chi connectivity index (χ3n) is 3.42. The molecule has 1 saturated heterocycles. The number of benzene rings is 2. The molecule has 0 radical (unpaired) electrons. The summed E-state index contributed by atoms with van der Waals surface area (Å²) in [6, 6.07) is 20.7. The summed E-state index contributed by atoms with van der Waals surface area (Å²) >= 11 is 0. The van der Waals surface area contributed by atoms with Crippen LogP contribution < -0.4 is 0 Å². The van der Waals surface area contributed by atoms with Gasteiger partial charge < -0.3 is 4.74 Å². The number of hydrogen-bond donors (Lipinski definition) is 0. The highest BCUT2D eigenvalue weighted by atomic mass is 16.6. The van der Waals surface area contributed by atoms with Gasteiger partial charge in [0.15, 0.2) is 0 Å². The lowest BCUT2D eigenvalue weighted by molar-refractivity contribution is 0.259. The van der Waals surface area contributed by atoms with E-state index in [9.17, 15) is 0 Å². The monoisotopic (exact) mass is 277 g/mol. The number of rotatable bonds is 5. The van der Waals surface area contributed by atoms with Crippen LogP contribution in [-0.2, 0) is 11.3 Å². The van der Waals surface area contributed by atoms with Gasteiger partial charge in [-0.15, -0.1) is 0 Å². The van der Waals surface area contributed by atoms with Crippen LogP contribution in [0.25, 0.3) is 0 Å². The van der Waals surface area contributed by atoms with Gasteiger partial charge in [0.25, 0.3) is 0 Å². The lowest BCUT2D eigenvalue weighted by Crippen LogP contribution is -2.28. The van der Waals surface area contributed by atoms with Crippen LogP contribution in [0.4, 0.5) is 0 Å². The lowest BCUT2D eigenvalue weighted by atomic mass is 10.2. The first-order chi connectivity index (χ1) is 10.4. The van der Waals surface area contributed by atoms with Crippen LogP contribution >= 0.6 is 0 Å². The van der Waals surface area contributed by atoms with E-state index in [2.05, 4.69) is 41.0 Å². The molecule has 21 heavy (non-hydrogen) atoms. The molecule has 1 heterocycles. The van der Waals surface area contributed by atoms with Crippen LogP contribution in [-0.4, -0.2) is 30.7 Å². The SMILES string of the molecule is C(#Cc1ccccc1)CN(Cc1ccccc1)CC1CO1. The molecule has 3 rings (SSSR count). The second-order valence-electron chi connectivity index (χ2n) is 5.28. The molecule has 0 aliphatic carbocycles. The van der Waals surface area contributed by atoms with Crippen molar-refractivity contribution in [1.29, 1.82) is 0 Å². The van der Waals surface area contributed by atoms with Crippen molar-refractivity contribution in [1.82, 2.24) is 4.90 Å². The van der Waals surface area contributed by atoms with Gasteiger partial charge >= 0.3 is 0 Å². The van der Waals surface area contributed by atoms with Gasteiger partial charge in [-0.2, -0.15) is 0 Å². The summed E-state index contributed by atoms with van der Waals surface area (Å²) in [4.78, 5) is 2.35. The fraction of sp³-hybridized carbons (Fsp3) is 0.263. The third kappa shape index (κ3) is 4.75. The Morgan fingerprint density at radius 3 is 2.33 bits per heavy atom. The molecule has 2 nitrogen and oxygen atoms in total. The van der Waals surface area contributed by atoms with Gasteiger partial charge in [0.05, 0.1) is 19.3 Å². The number of nitrogens with zero attached hydrogens (tertiary/aromatic N) is 1. The van der Waals surface area contributed by atoms with E-state index in [4.69, 9.17) is 4.74 Å². The first kappa shape index (κ1) is 13.9. The maximum absolute atomic E-state index is 5.35. The molecule has 2 aromatic rings. The fourth-order valence-electron chi connectivity index (χ4n) is 2.26. The molecular formula is C19H19NO. The Bertz CT molecular complexity index is 608. The minimum Gasteiger partial charge on any atom is -0.372 e. The lowest BCUT2D eigenvalue weighted by Gasteiger charge is -2.18. The zero-order valence-corrected chi connectivity index (χ0v) is 12.0. The molecule has 2 heteroatoms. The first-order valence-corrected chi connectivity index (χ1v) is 7.32. The van der Waals surface area contributed by atoms with Crippen molar-refractivity contribution in [2.75, 3.05) is 19.7 Å². The highest BCUT2D eigenvalue weighted by Gasteiger charge is 2.25. The molecule has 0 spiro atoms. The zero-order chi connectivity index (χ0) is 14.3. The topological polar surface area (TPSA) is 15.8 Å². The van der Waals surface area contributed by atoms with Crippen LogP contribution in [0.2, 0.25) is 0 Å². The molecule has 106 valence electrons. The summed E-state index contributed by atoms with van der Waals surface area (Å²) in [5, 5.41) is 0. The normalized spacial score (nSPS) is 16.3. The summed E-state index contributed by atoms with van der Waals surface area (Å²) in [6.45, 7) is 3.53. The predicted octanol–water partition coefficient (Wildman–Crippen LogP) is 2.94. The van der Waals surface area contributed by atoms with Gasteiger partial charge in [-0.3, -0.25) is 4.90 Å². The Morgan fingerprint density at radius 1 is 1.00 bits per heavy atom. The van der Waals surface area contributed by atoms with Crippen LogP contribution in [0.3, 0.4) is 0 Å². The van der Waals surface area contributed by atoms with E-state index >= 15 is 0 Å². The van der Waals surface area contributed by atoms with E-state index in [1.807, 2.05) is 36.4 Å². The van der Waals surface area contributed by atoms with Crippen molar-refractivity contribution in [3.8, 4) is 11.8 Å². The quantitative estimate of drug-likeness (QED) is 0.617. The summed E-state index contributed by atoms with van der Waals surface area (Å²) in [5.41, 5.74) is 2.39. The molecule has 1 fully saturated rings. The van der Waals surface area contributed by atoms with Crippen molar-refractivity contribution in [3.05, 3.63) is 71.8 Å². The fourth-order valence-corrected chi connectivity index (χ4v) is 2.26. The molecule has 2 aromatic carbocycles. The molecule has 0 aromatic heterocycles. The van der Waals surface area contributed by atoms with Crippen molar-refractivity contribution in [3.63, 3.8) is 0 Å². The highest BCUT2D eigenvalue weighted by Crippen LogP contribution is 2.13. The maximum Gasteiger partial charge on any atom is 0.0936 e. The number of ether oxygens (including phenoxy) is 1. The second-order valence-corrected chi connectivity index (χ2v) is 5.28. The highest BCUT2D eigenvalue weighted by molar-refractivity contribution is 5.33. The first-order valence-electron chi connectivity index (χ1n) is 7.32. The number of epoxide rings is 1. The standard InChI is InChI=1S/C19H19NO/c1-3-8-17(9-4-1)12-7-13-20(15-19-16-21-19)14-18-10-5-2-6-11-18/h1-6,8-11,19H,13-16H2. The molecule has 1 atom stereocenters. The van der Waals surface area contributed by atoms with Gasteiger partial charge in [0.2, 0.25) is 0 Å². The zero-order valence-electron chi connectivity index (χ0n) is 12.0. The minimum absolute atomic E-state index is 0.396. The van der Waals surface area contributed by atoms with E-state index in [1.165, 1.54) is 5.56 Å². The third-order valence-corrected chi connectivity index (χ3v) is 3.42. The molecule has 0 amide bonds. The minimum atomic E-state index is 0.396. The summed E-state index contributed by atoms with van der Waals surface area (Å²) < 4.78 is 5.35. The predicted molar refractivity (Wildman–Crippen MR) is 84.8 cm³/mol. The summed E-state index contributed by atoms with van der Waals surface area (Å²) in [7, 11) is 0. The smallest absolute Gasteiger partial charge is 0.0936 e. The molecular weight excluding hydrogens is 258 g/mol.